The van der Waals surface area contributed by atoms with Gasteiger partial charge in [0, 0.05) is 12.6 Å². The number of amides is 1. The van der Waals surface area contributed by atoms with Crippen molar-refractivity contribution in [2.75, 3.05) is 0 Å². The number of aryl methyl sites for hydroxylation is 1. The summed E-state index contributed by atoms with van der Waals surface area (Å²) >= 11 is 0. The van der Waals surface area contributed by atoms with Crippen LogP contribution in [0.1, 0.15) is 22.3 Å². The summed E-state index contributed by atoms with van der Waals surface area (Å²) in [6, 6.07) is 14.7. The smallest absolute Gasteiger partial charge is 0.244 e. The Hall–Kier alpha value is -2.44. The molecule has 0 atom stereocenters. The molecule has 0 radical (unpaired) electrons. The lowest BCUT2D eigenvalue weighted by atomic mass is 10.1. The number of benzene rings is 2. The lowest BCUT2D eigenvalue weighted by Gasteiger charge is -2.05. The number of rotatable bonds is 6. The Morgan fingerprint density at radius 1 is 1.08 bits per heavy atom. The summed E-state index contributed by atoms with van der Waals surface area (Å²) in [7, 11) is -3.53. The summed E-state index contributed by atoms with van der Waals surface area (Å²) in [5.41, 5.74) is 3.60. The van der Waals surface area contributed by atoms with Crippen LogP contribution in [-0.2, 0) is 27.1 Å². The Balaban J connectivity index is 1.89. The van der Waals surface area contributed by atoms with E-state index >= 15 is 0 Å². The molecule has 2 aromatic carbocycles. The van der Waals surface area contributed by atoms with Gasteiger partial charge >= 0.3 is 0 Å². The van der Waals surface area contributed by atoms with Crippen molar-refractivity contribution in [2.24, 2.45) is 5.14 Å². The Morgan fingerprint density at radius 3 is 2.33 bits per heavy atom. The molecule has 0 bridgehead atoms. The number of hydrogen-bond donors (Lipinski definition) is 2. The zero-order chi connectivity index (χ0) is 17.6. The van der Waals surface area contributed by atoms with Gasteiger partial charge in [0.25, 0.3) is 0 Å². The number of sulfonamides is 1. The summed E-state index contributed by atoms with van der Waals surface area (Å²) in [6.45, 7) is 2.35. The fraction of sp³-hybridized carbons (Fsp3) is 0.167. The average molecular weight is 344 g/mol. The molecule has 0 saturated heterocycles. The van der Waals surface area contributed by atoms with Crippen LogP contribution >= 0.6 is 0 Å². The van der Waals surface area contributed by atoms with Crippen molar-refractivity contribution in [1.29, 1.82) is 0 Å². The molecule has 0 heterocycles. The van der Waals surface area contributed by atoms with Gasteiger partial charge in [-0.1, -0.05) is 48.5 Å². The van der Waals surface area contributed by atoms with E-state index < -0.39 is 10.0 Å². The van der Waals surface area contributed by atoms with Gasteiger partial charge in [-0.05, 0) is 35.3 Å². The Morgan fingerprint density at radius 2 is 1.71 bits per heavy atom. The minimum Gasteiger partial charge on any atom is -0.348 e. The molecule has 0 aromatic heterocycles. The molecule has 126 valence electrons. The van der Waals surface area contributed by atoms with E-state index in [0.29, 0.717) is 12.1 Å². The van der Waals surface area contributed by atoms with Crippen LogP contribution in [0, 0.1) is 6.92 Å². The first kappa shape index (κ1) is 17.9. The van der Waals surface area contributed by atoms with Gasteiger partial charge in [0.15, 0.2) is 0 Å². The molecule has 0 unspecified atom stereocenters. The highest BCUT2D eigenvalue weighted by Gasteiger charge is 2.05. The van der Waals surface area contributed by atoms with Gasteiger partial charge in [0.2, 0.25) is 15.9 Å². The van der Waals surface area contributed by atoms with Gasteiger partial charge in [-0.3, -0.25) is 4.79 Å². The highest BCUT2D eigenvalue weighted by Crippen LogP contribution is 2.09. The van der Waals surface area contributed by atoms with E-state index in [0.717, 1.165) is 16.7 Å². The normalized spacial score (nSPS) is 11.6. The number of nitrogens with two attached hydrogens (primary N) is 1. The maximum absolute atomic E-state index is 11.9. The van der Waals surface area contributed by atoms with Crippen LogP contribution in [0.4, 0.5) is 0 Å². The third-order valence-electron chi connectivity index (χ3n) is 3.46. The fourth-order valence-electron chi connectivity index (χ4n) is 2.17. The predicted octanol–water partition coefficient (Wildman–Crippen LogP) is 2.11. The van der Waals surface area contributed by atoms with Gasteiger partial charge in [0.1, 0.15) is 0 Å². The van der Waals surface area contributed by atoms with Crippen molar-refractivity contribution in [3.05, 3.63) is 76.9 Å². The summed E-state index contributed by atoms with van der Waals surface area (Å²) in [4.78, 5) is 11.9. The lowest BCUT2D eigenvalue weighted by Crippen LogP contribution is -2.20. The molecule has 24 heavy (non-hydrogen) atoms. The van der Waals surface area contributed by atoms with Gasteiger partial charge in [0.05, 0.1) is 5.75 Å². The number of nitrogens with one attached hydrogen (secondary N) is 1. The minimum absolute atomic E-state index is 0.188. The lowest BCUT2D eigenvalue weighted by molar-refractivity contribution is -0.116. The first-order valence-corrected chi connectivity index (χ1v) is 9.15. The van der Waals surface area contributed by atoms with Gasteiger partial charge < -0.3 is 5.32 Å². The maximum atomic E-state index is 11.9. The van der Waals surface area contributed by atoms with Gasteiger partial charge in [-0.2, -0.15) is 0 Å². The highest BCUT2D eigenvalue weighted by atomic mass is 32.2. The second kappa shape index (κ2) is 7.90. The largest absolute Gasteiger partial charge is 0.348 e. The summed E-state index contributed by atoms with van der Waals surface area (Å²) in [5, 5.41) is 7.79. The van der Waals surface area contributed by atoms with Crippen LogP contribution in [0.15, 0.2) is 54.6 Å². The average Bonchev–Trinajstić information content (AvgIpc) is 2.52. The molecule has 0 fully saturated rings. The third-order valence-corrected chi connectivity index (χ3v) is 4.20. The number of carbonyl (C=O) groups is 1. The van der Waals surface area contributed by atoms with Crippen LogP contribution in [0.2, 0.25) is 0 Å². The van der Waals surface area contributed by atoms with Crippen molar-refractivity contribution < 1.29 is 13.2 Å². The van der Waals surface area contributed by atoms with E-state index in [9.17, 15) is 13.2 Å². The number of carbonyl (C=O) groups excluding carboxylic acids is 1. The molecule has 3 N–H and O–H groups in total. The van der Waals surface area contributed by atoms with Crippen LogP contribution in [0.5, 0.6) is 0 Å². The summed E-state index contributed by atoms with van der Waals surface area (Å²) < 4.78 is 22.1. The topological polar surface area (TPSA) is 89.3 Å². The molecule has 0 spiro atoms. The molecule has 0 aliphatic rings. The molecule has 2 rings (SSSR count). The first-order valence-electron chi connectivity index (χ1n) is 7.43. The molecule has 0 aliphatic carbocycles. The van der Waals surface area contributed by atoms with Crippen molar-refractivity contribution >= 4 is 22.0 Å². The monoisotopic (exact) mass is 344 g/mol. The van der Waals surface area contributed by atoms with Gasteiger partial charge in [-0.25, -0.2) is 13.6 Å². The van der Waals surface area contributed by atoms with E-state index in [4.69, 9.17) is 5.14 Å². The standard InChI is InChI=1S/C18H20N2O3S/c1-14-4-2-3-5-17(14)10-11-18(21)20-12-15-6-8-16(9-7-15)13-24(19,22)23/h2-11H,12-13H2,1H3,(H,20,21)(H2,19,22,23). The van der Waals surface area contributed by atoms with Crippen molar-refractivity contribution in [2.45, 2.75) is 19.2 Å². The summed E-state index contributed by atoms with van der Waals surface area (Å²) in [6.07, 6.45) is 3.28. The van der Waals surface area contributed by atoms with Gasteiger partial charge in [-0.15, -0.1) is 0 Å². The van der Waals surface area contributed by atoms with Crippen LogP contribution < -0.4 is 10.5 Å². The van der Waals surface area contributed by atoms with Crippen LogP contribution in [-0.4, -0.2) is 14.3 Å². The SMILES string of the molecule is Cc1ccccc1C=CC(=O)NCc1ccc(CS(N)(=O)=O)cc1. The fourth-order valence-corrected chi connectivity index (χ4v) is 2.83. The van der Waals surface area contributed by atoms with E-state index in [-0.39, 0.29) is 11.7 Å². The Bertz CT molecular complexity index is 841. The second-order valence-electron chi connectivity index (χ2n) is 5.53. The minimum atomic E-state index is -3.53. The number of hydrogen-bond acceptors (Lipinski definition) is 3. The molecular weight excluding hydrogens is 324 g/mol. The first-order chi connectivity index (χ1) is 11.3. The second-order valence-corrected chi connectivity index (χ2v) is 7.15. The molecule has 0 saturated carbocycles. The highest BCUT2D eigenvalue weighted by molar-refractivity contribution is 7.88. The van der Waals surface area contributed by atoms with Crippen LogP contribution in [0.3, 0.4) is 0 Å². The van der Waals surface area contributed by atoms with Crippen molar-refractivity contribution in [3.8, 4) is 0 Å². The quantitative estimate of drug-likeness (QED) is 0.787. The molecule has 0 aliphatic heterocycles. The molecule has 1 amide bonds. The maximum Gasteiger partial charge on any atom is 0.244 e. The zero-order valence-corrected chi connectivity index (χ0v) is 14.2. The Labute approximate surface area is 142 Å². The van der Waals surface area contributed by atoms with E-state index in [2.05, 4.69) is 5.32 Å². The predicted molar refractivity (Wildman–Crippen MR) is 95.3 cm³/mol. The van der Waals surface area contributed by atoms with Crippen LogP contribution in [0.25, 0.3) is 6.08 Å². The van der Waals surface area contributed by atoms with Crippen molar-refractivity contribution in [1.82, 2.24) is 5.32 Å². The molecule has 6 heteroatoms. The number of primary sulfonamides is 1. The zero-order valence-electron chi connectivity index (χ0n) is 13.4. The third kappa shape index (κ3) is 5.98. The molecule has 5 nitrogen and oxygen atoms in total. The summed E-state index contributed by atoms with van der Waals surface area (Å²) in [5.74, 6) is -0.384. The van der Waals surface area contributed by atoms with E-state index in [1.807, 2.05) is 31.2 Å². The van der Waals surface area contributed by atoms with E-state index in [1.54, 1.807) is 30.3 Å². The molecule has 2 aromatic rings. The van der Waals surface area contributed by atoms with E-state index in [1.165, 1.54) is 6.08 Å². The molecular formula is C18H20N2O3S. The Kier molecular flexibility index (Phi) is 5.89. The van der Waals surface area contributed by atoms with Crippen molar-refractivity contribution in [3.63, 3.8) is 0 Å².